The summed E-state index contributed by atoms with van der Waals surface area (Å²) in [7, 11) is 1.63. The number of fused-ring (bicyclic) bond motifs is 1. The zero-order chi connectivity index (χ0) is 16.9. The number of H-pyrrole nitrogens is 1. The lowest BCUT2D eigenvalue weighted by molar-refractivity contribution is 0.340. The van der Waals surface area contributed by atoms with Crippen LogP contribution in [0.3, 0.4) is 0 Å². The highest BCUT2D eigenvalue weighted by molar-refractivity contribution is 5.80. The molecule has 3 rings (SSSR count). The van der Waals surface area contributed by atoms with Crippen LogP contribution in [0.25, 0.3) is 10.9 Å². The Morgan fingerprint density at radius 1 is 1.04 bits per heavy atom. The van der Waals surface area contributed by atoms with Crippen molar-refractivity contribution in [1.82, 2.24) is 4.98 Å². The standard InChI is InChI=1S/C19H20N2O3/c1-3-24-17-8-9-18-13(11-17)10-14(19(22)21-18)12-20-15-4-6-16(23-2)7-5-15/h4-11,20H,3,12H2,1-2H3,(H,21,22). The Labute approximate surface area is 140 Å². The molecular weight excluding hydrogens is 304 g/mol. The molecule has 0 amide bonds. The van der Waals surface area contributed by atoms with Gasteiger partial charge in [-0.15, -0.1) is 0 Å². The van der Waals surface area contributed by atoms with Crippen LogP contribution in [0, 0.1) is 0 Å². The van der Waals surface area contributed by atoms with Crippen molar-refractivity contribution in [1.29, 1.82) is 0 Å². The number of nitrogens with one attached hydrogen (secondary N) is 2. The molecular formula is C19H20N2O3. The summed E-state index contributed by atoms with van der Waals surface area (Å²) >= 11 is 0. The number of pyridine rings is 1. The van der Waals surface area contributed by atoms with Crippen molar-refractivity contribution < 1.29 is 9.47 Å². The van der Waals surface area contributed by atoms with Gasteiger partial charge in [-0.25, -0.2) is 0 Å². The molecule has 124 valence electrons. The summed E-state index contributed by atoms with van der Waals surface area (Å²) in [5.41, 5.74) is 2.31. The van der Waals surface area contributed by atoms with Crippen LogP contribution >= 0.6 is 0 Å². The number of aromatic amines is 1. The summed E-state index contributed by atoms with van der Waals surface area (Å²) in [4.78, 5) is 15.1. The van der Waals surface area contributed by atoms with Crippen molar-refractivity contribution in [3.05, 3.63) is 64.4 Å². The first kappa shape index (κ1) is 15.9. The summed E-state index contributed by atoms with van der Waals surface area (Å²) in [5, 5.41) is 4.20. The maximum atomic E-state index is 12.2. The first-order valence-corrected chi connectivity index (χ1v) is 7.86. The molecule has 0 aliphatic heterocycles. The van der Waals surface area contributed by atoms with E-state index in [0.29, 0.717) is 18.7 Å². The summed E-state index contributed by atoms with van der Waals surface area (Å²) in [6.45, 7) is 3.00. The SMILES string of the molecule is CCOc1ccc2[nH]c(=O)c(CNc3ccc(OC)cc3)cc2c1. The van der Waals surface area contributed by atoms with Gasteiger partial charge in [0, 0.05) is 28.7 Å². The van der Waals surface area contributed by atoms with Gasteiger partial charge in [0.2, 0.25) is 0 Å². The van der Waals surface area contributed by atoms with Gasteiger partial charge in [-0.05, 0) is 55.5 Å². The fourth-order valence-electron chi connectivity index (χ4n) is 2.52. The minimum atomic E-state index is -0.0901. The fraction of sp³-hybridized carbons (Fsp3) is 0.211. The second-order valence-corrected chi connectivity index (χ2v) is 5.39. The van der Waals surface area contributed by atoms with Gasteiger partial charge in [0.15, 0.2) is 0 Å². The van der Waals surface area contributed by atoms with E-state index in [1.807, 2.05) is 55.5 Å². The molecule has 0 aliphatic carbocycles. The number of ether oxygens (including phenoxy) is 2. The molecule has 0 aliphatic rings. The Kier molecular flexibility index (Phi) is 4.70. The topological polar surface area (TPSA) is 63.4 Å². The lowest BCUT2D eigenvalue weighted by Crippen LogP contribution is -2.15. The van der Waals surface area contributed by atoms with E-state index in [9.17, 15) is 4.79 Å². The van der Waals surface area contributed by atoms with E-state index in [1.54, 1.807) is 7.11 Å². The van der Waals surface area contributed by atoms with Crippen LogP contribution in [0.5, 0.6) is 11.5 Å². The molecule has 0 atom stereocenters. The lowest BCUT2D eigenvalue weighted by atomic mass is 10.1. The molecule has 0 bridgehead atoms. The zero-order valence-corrected chi connectivity index (χ0v) is 13.8. The number of methoxy groups -OCH3 is 1. The molecule has 0 spiro atoms. The van der Waals surface area contributed by atoms with Crippen molar-refractivity contribution >= 4 is 16.6 Å². The van der Waals surface area contributed by atoms with Crippen molar-refractivity contribution in [3.63, 3.8) is 0 Å². The summed E-state index contributed by atoms with van der Waals surface area (Å²) in [5.74, 6) is 1.60. The second-order valence-electron chi connectivity index (χ2n) is 5.39. The molecule has 2 aromatic carbocycles. The molecule has 5 nitrogen and oxygen atoms in total. The average molecular weight is 324 g/mol. The van der Waals surface area contributed by atoms with Crippen molar-refractivity contribution in [2.45, 2.75) is 13.5 Å². The highest BCUT2D eigenvalue weighted by Gasteiger charge is 2.05. The van der Waals surface area contributed by atoms with Gasteiger partial charge in [0.1, 0.15) is 11.5 Å². The van der Waals surface area contributed by atoms with E-state index in [1.165, 1.54) is 0 Å². The summed E-state index contributed by atoms with van der Waals surface area (Å²) in [6, 6.07) is 15.1. The fourth-order valence-corrected chi connectivity index (χ4v) is 2.52. The smallest absolute Gasteiger partial charge is 0.253 e. The van der Waals surface area contributed by atoms with Crippen molar-refractivity contribution in [2.24, 2.45) is 0 Å². The highest BCUT2D eigenvalue weighted by atomic mass is 16.5. The van der Waals surface area contributed by atoms with Crippen LogP contribution in [-0.2, 0) is 6.54 Å². The van der Waals surface area contributed by atoms with E-state index in [2.05, 4.69) is 10.3 Å². The van der Waals surface area contributed by atoms with E-state index >= 15 is 0 Å². The molecule has 1 heterocycles. The van der Waals surface area contributed by atoms with Crippen LogP contribution in [-0.4, -0.2) is 18.7 Å². The normalized spacial score (nSPS) is 10.6. The first-order chi connectivity index (χ1) is 11.7. The maximum Gasteiger partial charge on any atom is 0.253 e. The van der Waals surface area contributed by atoms with Crippen molar-refractivity contribution in [3.8, 4) is 11.5 Å². The van der Waals surface area contributed by atoms with Gasteiger partial charge in [-0.1, -0.05) is 0 Å². The number of anilines is 1. The maximum absolute atomic E-state index is 12.2. The summed E-state index contributed by atoms with van der Waals surface area (Å²) in [6.07, 6.45) is 0. The third-order valence-electron chi connectivity index (χ3n) is 3.78. The van der Waals surface area contributed by atoms with E-state index in [-0.39, 0.29) is 5.56 Å². The minimum absolute atomic E-state index is 0.0901. The van der Waals surface area contributed by atoms with Crippen molar-refractivity contribution in [2.75, 3.05) is 19.0 Å². The molecule has 0 radical (unpaired) electrons. The Morgan fingerprint density at radius 3 is 2.50 bits per heavy atom. The predicted molar refractivity (Wildman–Crippen MR) is 96.1 cm³/mol. The Balaban J connectivity index is 1.82. The van der Waals surface area contributed by atoms with Gasteiger partial charge in [0.25, 0.3) is 5.56 Å². The molecule has 0 unspecified atom stereocenters. The van der Waals surface area contributed by atoms with Crippen LogP contribution < -0.4 is 20.3 Å². The zero-order valence-electron chi connectivity index (χ0n) is 13.8. The third-order valence-corrected chi connectivity index (χ3v) is 3.78. The highest BCUT2D eigenvalue weighted by Crippen LogP contribution is 2.20. The van der Waals surface area contributed by atoms with E-state index in [0.717, 1.165) is 28.1 Å². The van der Waals surface area contributed by atoms with Gasteiger partial charge >= 0.3 is 0 Å². The second kappa shape index (κ2) is 7.08. The van der Waals surface area contributed by atoms with E-state index in [4.69, 9.17) is 9.47 Å². The van der Waals surface area contributed by atoms with Gasteiger partial charge in [-0.3, -0.25) is 4.79 Å². The predicted octanol–water partition coefficient (Wildman–Crippen LogP) is 3.55. The average Bonchev–Trinajstić information content (AvgIpc) is 2.61. The van der Waals surface area contributed by atoms with Crippen LogP contribution in [0.4, 0.5) is 5.69 Å². The Hall–Kier alpha value is -2.95. The van der Waals surface area contributed by atoms with Crippen LogP contribution in [0.2, 0.25) is 0 Å². The third kappa shape index (κ3) is 3.51. The summed E-state index contributed by atoms with van der Waals surface area (Å²) < 4.78 is 10.7. The molecule has 24 heavy (non-hydrogen) atoms. The number of rotatable bonds is 6. The quantitative estimate of drug-likeness (QED) is 0.728. The first-order valence-electron chi connectivity index (χ1n) is 7.86. The minimum Gasteiger partial charge on any atom is -0.497 e. The van der Waals surface area contributed by atoms with Crippen LogP contribution in [0.1, 0.15) is 12.5 Å². The molecule has 5 heteroatoms. The molecule has 0 saturated carbocycles. The number of hydrogen-bond acceptors (Lipinski definition) is 4. The van der Waals surface area contributed by atoms with Gasteiger partial charge in [-0.2, -0.15) is 0 Å². The number of hydrogen-bond donors (Lipinski definition) is 2. The molecule has 3 aromatic rings. The molecule has 0 fully saturated rings. The van der Waals surface area contributed by atoms with Gasteiger partial charge < -0.3 is 19.8 Å². The molecule has 1 aromatic heterocycles. The molecule has 0 saturated heterocycles. The largest absolute Gasteiger partial charge is 0.497 e. The monoisotopic (exact) mass is 324 g/mol. The van der Waals surface area contributed by atoms with Crippen LogP contribution in [0.15, 0.2) is 53.3 Å². The van der Waals surface area contributed by atoms with Gasteiger partial charge in [0.05, 0.1) is 13.7 Å². The molecule has 2 N–H and O–H groups in total. The number of aromatic nitrogens is 1. The lowest BCUT2D eigenvalue weighted by Gasteiger charge is -2.09. The Bertz CT molecular complexity index is 885. The Morgan fingerprint density at radius 2 is 1.79 bits per heavy atom. The number of benzene rings is 2. The van der Waals surface area contributed by atoms with E-state index < -0.39 is 0 Å².